The van der Waals surface area contributed by atoms with Gasteiger partial charge in [0, 0.05) is 23.8 Å². The maximum Gasteiger partial charge on any atom is 0.354 e. The summed E-state index contributed by atoms with van der Waals surface area (Å²) in [5.41, 5.74) is 8.44. The topological polar surface area (TPSA) is 125 Å². The minimum Gasteiger partial charge on any atom is -0.370 e. The molecule has 0 saturated heterocycles. The molecule has 3 rings (SSSR count). The molecule has 2 aromatic heterocycles. The third kappa shape index (κ3) is 4.86. The minimum atomic E-state index is -0.306. The van der Waals surface area contributed by atoms with E-state index < -0.39 is 0 Å². The number of nitrogens with zero attached hydrogens (tertiary/aromatic N) is 2. The van der Waals surface area contributed by atoms with Gasteiger partial charge >= 0.3 is 5.69 Å². The van der Waals surface area contributed by atoms with Gasteiger partial charge in [-0.05, 0) is 43.7 Å². The Hall–Kier alpha value is -2.40. The summed E-state index contributed by atoms with van der Waals surface area (Å²) in [7, 11) is 0. The van der Waals surface area contributed by atoms with Gasteiger partial charge in [0.2, 0.25) is 0 Å². The molecule has 0 spiro atoms. The van der Waals surface area contributed by atoms with Crippen molar-refractivity contribution in [2.24, 2.45) is 5.73 Å². The maximum atomic E-state index is 12.3. The first kappa shape index (κ1) is 19.4. The molecule has 6 N–H and O–H groups in total. The molecular weight excluding hydrogens is 457 g/mol. The number of benzene rings is 1. The van der Waals surface area contributed by atoms with Crippen LogP contribution in [0.5, 0.6) is 0 Å². The van der Waals surface area contributed by atoms with E-state index in [-0.39, 0.29) is 15.7 Å². The number of nitrogens with one attached hydrogen (secondary N) is 4. The van der Waals surface area contributed by atoms with Crippen LogP contribution < -0.4 is 22.1 Å². The van der Waals surface area contributed by atoms with Crippen molar-refractivity contribution in [2.75, 3.05) is 13.1 Å². The second-order valence-corrected chi connectivity index (χ2v) is 7.50. The molecule has 0 bridgehead atoms. The number of hydrogen-bond acceptors (Lipinski definition) is 4. The zero-order valence-corrected chi connectivity index (χ0v) is 17.1. The number of fused-ring (bicyclic) bond motifs is 1. The fourth-order valence-corrected chi connectivity index (χ4v) is 3.50. The van der Waals surface area contributed by atoms with E-state index in [0.717, 1.165) is 35.3 Å². The number of aryl methyl sites for hydroxylation is 1. The van der Waals surface area contributed by atoms with E-state index in [0.29, 0.717) is 12.2 Å². The molecule has 0 aliphatic heterocycles. The van der Waals surface area contributed by atoms with Crippen LogP contribution in [0.2, 0.25) is 0 Å². The van der Waals surface area contributed by atoms with E-state index in [4.69, 9.17) is 11.1 Å². The zero-order valence-electron chi connectivity index (χ0n) is 14.9. The zero-order chi connectivity index (χ0) is 19.4. The molecule has 142 valence electrons. The van der Waals surface area contributed by atoms with Crippen molar-refractivity contribution in [3.63, 3.8) is 0 Å². The van der Waals surface area contributed by atoms with Gasteiger partial charge in [-0.15, -0.1) is 0 Å². The molecule has 0 aliphatic carbocycles. The molecular formula is C18H22IN7O. The van der Waals surface area contributed by atoms with Crippen molar-refractivity contribution in [2.45, 2.75) is 17.4 Å². The van der Waals surface area contributed by atoms with E-state index in [1.807, 2.05) is 43.5 Å². The normalized spacial score (nSPS) is 12.2. The number of alkyl halides is 1. The van der Waals surface area contributed by atoms with E-state index in [2.05, 4.69) is 43.2 Å². The fraction of sp³-hybridized carbons (Fsp3) is 0.278. The first-order valence-electron chi connectivity index (χ1n) is 8.59. The monoisotopic (exact) mass is 479 g/mol. The van der Waals surface area contributed by atoms with E-state index in [1.54, 1.807) is 4.57 Å². The highest BCUT2D eigenvalue weighted by Gasteiger charge is 2.09. The SMILES string of the molecule is Cc1cc2cn(-c3ccc([C@H](I)NCCCNC(=N)N)cc3)c(=O)nc2[nH]1. The predicted molar refractivity (Wildman–Crippen MR) is 116 cm³/mol. The van der Waals surface area contributed by atoms with Crippen LogP contribution in [0.1, 0.15) is 21.7 Å². The maximum absolute atomic E-state index is 12.3. The van der Waals surface area contributed by atoms with E-state index in [9.17, 15) is 4.79 Å². The number of guanidine groups is 1. The Labute approximate surface area is 170 Å². The lowest BCUT2D eigenvalue weighted by molar-refractivity contribution is 0.641. The van der Waals surface area contributed by atoms with Gasteiger partial charge < -0.3 is 21.4 Å². The highest BCUT2D eigenvalue weighted by atomic mass is 127. The smallest absolute Gasteiger partial charge is 0.354 e. The Bertz CT molecular complexity index is 993. The van der Waals surface area contributed by atoms with Crippen LogP contribution in [-0.4, -0.2) is 33.6 Å². The molecule has 8 nitrogen and oxygen atoms in total. The fourth-order valence-electron chi connectivity index (χ4n) is 2.78. The molecule has 0 unspecified atom stereocenters. The van der Waals surface area contributed by atoms with Crippen LogP contribution in [0.15, 0.2) is 41.3 Å². The van der Waals surface area contributed by atoms with Crippen LogP contribution in [0, 0.1) is 12.3 Å². The first-order chi connectivity index (χ1) is 12.9. The van der Waals surface area contributed by atoms with Crippen molar-refractivity contribution in [1.82, 2.24) is 25.2 Å². The number of rotatable bonds is 7. The number of nitrogens with two attached hydrogens (primary N) is 1. The number of halogens is 1. The highest BCUT2D eigenvalue weighted by Crippen LogP contribution is 2.21. The Morgan fingerprint density at radius 1 is 1.37 bits per heavy atom. The Morgan fingerprint density at radius 3 is 2.81 bits per heavy atom. The number of hydrogen-bond donors (Lipinski definition) is 5. The summed E-state index contributed by atoms with van der Waals surface area (Å²) >= 11 is 2.34. The third-order valence-corrected chi connectivity index (χ3v) is 5.26. The van der Waals surface area contributed by atoms with Gasteiger partial charge in [-0.1, -0.05) is 34.7 Å². The van der Waals surface area contributed by atoms with E-state index >= 15 is 0 Å². The second-order valence-electron chi connectivity index (χ2n) is 6.25. The molecule has 1 atom stereocenters. The average molecular weight is 479 g/mol. The minimum absolute atomic E-state index is 0.00525. The van der Waals surface area contributed by atoms with Crippen molar-refractivity contribution in [3.8, 4) is 5.69 Å². The standard InChI is InChI=1S/C18H22IN7O/c1-11-9-13-10-26(18(27)25-16(13)24-11)14-5-3-12(4-6-14)15(19)22-7-2-8-23-17(20)21/h3-6,9-10,15,22H,2,7-8H2,1H3,(H4,20,21,23)(H,24,25,27)/t15-/m1/s1. The van der Waals surface area contributed by atoms with Crippen molar-refractivity contribution in [1.29, 1.82) is 5.41 Å². The summed E-state index contributed by atoms with van der Waals surface area (Å²) in [5.74, 6) is -0.00525. The number of aromatic nitrogens is 3. The largest absolute Gasteiger partial charge is 0.370 e. The Morgan fingerprint density at radius 2 is 2.11 bits per heavy atom. The van der Waals surface area contributed by atoms with Crippen molar-refractivity contribution >= 4 is 39.6 Å². The van der Waals surface area contributed by atoms with Gasteiger partial charge in [0.25, 0.3) is 0 Å². The van der Waals surface area contributed by atoms with Crippen LogP contribution >= 0.6 is 22.6 Å². The van der Waals surface area contributed by atoms with Crippen molar-refractivity contribution < 1.29 is 0 Å². The van der Waals surface area contributed by atoms with Gasteiger partial charge in [0.05, 0.1) is 9.74 Å². The van der Waals surface area contributed by atoms with Crippen LogP contribution in [-0.2, 0) is 0 Å². The molecule has 9 heteroatoms. The molecule has 0 saturated carbocycles. The molecule has 0 amide bonds. The summed E-state index contributed by atoms with van der Waals surface area (Å²) in [6.45, 7) is 3.42. The summed E-state index contributed by atoms with van der Waals surface area (Å²) in [5, 5.41) is 14.2. The molecule has 1 aromatic carbocycles. The number of aromatic amines is 1. The molecule has 3 aromatic rings. The van der Waals surface area contributed by atoms with E-state index in [1.165, 1.54) is 0 Å². The summed E-state index contributed by atoms with van der Waals surface area (Å²) < 4.78 is 1.71. The predicted octanol–water partition coefficient (Wildman–Crippen LogP) is 1.92. The lowest BCUT2D eigenvalue weighted by Crippen LogP contribution is -2.32. The Kier molecular flexibility index (Phi) is 6.11. The summed E-state index contributed by atoms with van der Waals surface area (Å²) in [6, 6.07) is 9.83. The third-order valence-electron chi connectivity index (χ3n) is 4.10. The van der Waals surface area contributed by atoms with Crippen LogP contribution in [0.25, 0.3) is 16.7 Å². The first-order valence-corrected chi connectivity index (χ1v) is 9.83. The molecule has 0 aliphatic rings. The van der Waals surface area contributed by atoms with Crippen LogP contribution in [0.4, 0.5) is 0 Å². The van der Waals surface area contributed by atoms with Gasteiger partial charge in [-0.25, -0.2) is 4.79 Å². The second kappa shape index (κ2) is 8.53. The Balaban J connectivity index is 1.67. The summed E-state index contributed by atoms with van der Waals surface area (Å²) in [4.78, 5) is 19.5. The lowest BCUT2D eigenvalue weighted by atomic mass is 10.2. The highest BCUT2D eigenvalue weighted by molar-refractivity contribution is 14.1. The number of H-pyrrole nitrogens is 1. The van der Waals surface area contributed by atoms with Gasteiger partial charge in [-0.2, -0.15) is 4.98 Å². The van der Waals surface area contributed by atoms with Crippen molar-refractivity contribution in [3.05, 3.63) is 58.3 Å². The molecule has 2 heterocycles. The van der Waals surface area contributed by atoms with Gasteiger partial charge in [-0.3, -0.25) is 9.98 Å². The van der Waals surface area contributed by atoms with Gasteiger partial charge in [0.1, 0.15) is 5.65 Å². The molecule has 27 heavy (non-hydrogen) atoms. The van der Waals surface area contributed by atoms with Crippen LogP contribution in [0.3, 0.4) is 0 Å². The molecule has 0 fully saturated rings. The summed E-state index contributed by atoms with van der Waals surface area (Å²) in [6.07, 6.45) is 2.68. The molecule has 0 radical (unpaired) electrons. The lowest BCUT2D eigenvalue weighted by Gasteiger charge is -2.14. The quantitative estimate of drug-likeness (QED) is 0.0885. The van der Waals surface area contributed by atoms with Gasteiger partial charge in [0.15, 0.2) is 5.96 Å². The average Bonchev–Trinajstić information content (AvgIpc) is 2.99.